The Labute approximate surface area is 132 Å². The van der Waals surface area contributed by atoms with Crippen LogP contribution in [0.3, 0.4) is 0 Å². The number of carbonyl (C=O) groups is 2. The third-order valence-electron chi connectivity index (χ3n) is 3.99. The highest BCUT2D eigenvalue weighted by Crippen LogP contribution is 2.33. The van der Waals surface area contributed by atoms with Crippen LogP contribution < -0.4 is 4.74 Å². The smallest absolute Gasteiger partial charge is 0.309 e. The van der Waals surface area contributed by atoms with Gasteiger partial charge in [0.05, 0.1) is 13.0 Å². The van der Waals surface area contributed by atoms with Gasteiger partial charge in [0.2, 0.25) is 0 Å². The number of hydrogen-bond donors (Lipinski definition) is 1. The zero-order valence-corrected chi connectivity index (χ0v) is 12.5. The van der Waals surface area contributed by atoms with Crippen molar-refractivity contribution in [2.24, 2.45) is 5.92 Å². The van der Waals surface area contributed by atoms with Gasteiger partial charge in [-0.05, 0) is 18.2 Å². The average Bonchev–Trinajstić information content (AvgIpc) is 3.22. The normalized spacial score (nSPS) is 20.5. The molecule has 7 heteroatoms. The summed E-state index contributed by atoms with van der Waals surface area (Å²) in [4.78, 5) is 29.7. The number of carboxylic acid groups (broad SMARTS) is 1. The van der Waals surface area contributed by atoms with E-state index in [2.05, 4.69) is 4.98 Å². The van der Waals surface area contributed by atoms with Crippen molar-refractivity contribution in [3.05, 3.63) is 48.0 Å². The van der Waals surface area contributed by atoms with E-state index in [1.807, 2.05) is 6.07 Å². The summed E-state index contributed by atoms with van der Waals surface area (Å²) in [6.07, 6.45) is 1.62. The molecule has 7 nitrogen and oxygen atoms in total. The van der Waals surface area contributed by atoms with Gasteiger partial charge in [-0.15, -0.1) is 0 Å². The van der Waals surface area contributed by atoms with E-state index in [1.165, 1.54) is 18.1 Å². The molecular weight excluding hydrogens is 300 g/mol. The molecule has 0 spiro atoms. The van der Waals surface area contributed by atoms with Crippen molar-refractivity contribution in [3.63, 3.8) is 0 Å². The Morgan fingerprint density at radius 1 is 1.30 bits per heavy atom. The van der Waals surface area contributed by atoms with E-state index < -0.39 is 11.9 Å². The van der Waals surface area contributed by atoms with Gasteiger partial charge in [0.15, 0.2) is 5.76 Å². The van der Waals surface area contributed by atoms with E-state index in [9.17, 15) is 14.7 Å². The van der Waals surface area contributed by atoms with Crippen molar-refractivity contribution in [1.82, 2.24) is 9.88 Å². The van der Waals surface area contributed by atoms with Gasteiger partial charge in [-0.1, -0.05) is 6.07 Å². The highest BCUT2D eigenvalue weighted by Gasteiger charge is 2.41. The predicted octanol–water partition coefficient (Wildman–Crippen LogP) is 1.62. The van der Waals surface area contributed by atoms with Crippen molar-refractivity contribution in [1.29, 1.82) is 0 Å². The Kier molecular flexibility index (Phi) is 4.01. The summed E-state index contributed by atoms with van der Waals surface area (Å²) in [5.74, 6) is -1.94. The first-order valence-corrected chi connectivity index (χ1v) is 7.17. The summed E-state index contributed by atoms with van der Waals surface area (Å²) in [7, 11) is 1.44. The highest BCUT2D eigenvalue weighted by atomic mass is 16.6. The van der Waals surface area contributed by atoms with Crippen LogP contribution in [0.2, 0.25) is 0 Å². The van der Waals surface area contributed by atoms with Crippen LogP contribution in [-0.4, -0.2) is 47.1 Å². The molecule has 1 aliphatic rings. The Balaban J connectivity index is 1.82. The maximum atomic E-state index is 12.5. The van der Waals surface area contributed by atoms with Crippen LogP contribution in [0.15, 0.2) is 40.9 Å². The molecule has 2 aromatic heterocycles. The molecule has 1 amide bonds. The van der Waals surface area contributed by atoms with Crippen LogP contribution in [0.25, 0.3) is 0 Å². The molecule has 1 fully saturated rings. The molecule has 2 aromatic rings. The average molecular weight is 316 g/mol. The van der Waals surface area contributed by atoms with Crippen molar-refractivity contribution in [2.75, 3.05) is 20.2 Å². The van der Waals surface area contributed by atoms with E-state index >= 15 is 0 Å². The summed E-state index contributed by atoms with van der Waals surface area (Å²) in [6.45, 7) is 0.411. The summed E-state index contributed by atoms with van der Waals surface area (Å²) in [6, 6.07) is 8.43. The molecule has 3 heterocycles. The summed E-state index contributed by atoms with van der Waals surface area (Å²) in [5.41, 5.74) is 0.673. The van der Waals surface area contributed by atoms with Gasteiger partial charge in [0, 0.05) is 37.0 Å². The van der Waals surface area contributed by atoms with Gasteiger partial charge in [-0.25, -0.2) is 0 Å². The molecule has 0 radical (unpaired) electrons. The van der Waals surface area contributed by atoms with Crippen LogP contribution in [0, 0.1) is 5.92 Å². The number of carboxylic acids is 1. The minimum atomic E-state index is -0.937. The molecule has 2 unspecified atom stereocenters. The quantitative estimate of drug-likeness (QED) is 0.921. The number of amides is 1. The van der Waals surface area contributed by atoms with Crippen LogP contribution in [-0.2, 0) is 4.79 Å². The van der Waals surface area contributed by atoms with Gasteiger partial charge in [-0.2, -0.15) is 0 Å². The van der Waals surface area contributed by atoms with Gasteiger partial charge in [0.1, 0.15) is 0 Å². The van der Waals surface area contributed by atoms with Crippen molar-refractivity contribution in [3.8, 4) is 5.95 Å². The van der Waals surface area contributed by atoms with Gasteiger partial charge in [-0.3, -0.25) is 14.6 Å². The SMILES string of the molecule is COc1ccc(C(=O)N2CC(C(=O)O)C(c3ccccn3)C2)o1. The first kappa shape index (κ1) is 15.1. The third kappa shape index (κ3) is 2.90. The molecule has 1 aliphatic heterocycles. The number of rotatable bonds is 4. The number of nitrogens with zero attached hydrogens (tertiary/aromatic N) is 2. The summed E-state index contributed by atoms with van der Waals surface area (Å²) >= 11 is 0. The fraction of sp³-hybridized carbons (Fsp3) is 0.312. The highest BCUT2D eigenvalue weighted by molar-refractivity contribution is 5.92. The molecular formula is C16H16N2O5. The standard InChI is InChI=1S/C16H16N2O5/c1-22-14-6-5-13(23-14)15(19)18-8-10(11(9-18)16(20)21)12-4-2-3-7-17-12/h2-7,10-11H,8-9H2,1H3,(H,20,21). The second-order valence-corrected chi connectivity index (χ2v) is 5.34. The number of carbonyl (C=O) groups excluding carboxylic acids is 1. The van der Waals surface area contributed by atoms with E-state index in [0.717, 1.165) is 0 Å². The van der Waals surface area contributed by atoms with E-state index in [1.54, 1.807) is 24.4 Å². The second kappa shape index (κ2) is 6.12. The molecule has 1 N–H and O–H groups in total. The number of methoxy groups -OCH3 is 1. The predicted molar refractivity (Wildman–Crippen MR) is 79.3 cm³/mol. The molecule has 1 saturated heterocycles. The van der Waals surface area contributed by atoms with Crippen molar-refractivity contribution < 1.29 is 23.8 Å². The minimum absolute atomic E-state index is 0.123. The number of pyridine rings is 1. The van der Waals surface area contributed by atoms with Crippen LogP contribution in [0.5, 0.6) is 5.95 Å². The Bertz CT molecular complexity index is 712. The maximum Gasteiger partial charge on any atom is 0.309 e. The molecule has 0 bridgehead atoms. The van der Waals surface area contributed by atoms with Gasteiger partial charge >= 0.3 is 5.97 Å². The lowest BCUT2D eigenvalue weighted by atomic mass is 9.93. The number of likely N-dealkylation sites (tertiary alicyclic amines) is 1. The zero-order chi connectivity index (χ0) is 16.4. The second-order valence-electron chi connectivity index (χ2n) is 5.34. The van der Waals surface area contributed by atoms with Crippen LogP contribution in [0.4, 0.5) is 0 Å². The molecule has 0 aliphatic carbocycles. The fourth-order valence-corrected chi connectivity index (χ4v) is 2.82. The number of aromatic nitrogens is 1. The minimum Gasteiger partial charge on any atom is -0.481 e. The Morgan fingerprint density at radius 2 is 2.13 bits per heavy atom. The fourth-order valence-electron chi connectivity index (χ4n) is 2.82. The van der Waals surface area contributed by atoms with Crippen LogP contribution >= 0.6 is 0 Å². The molecule has 3 rings (SSSR count). The Morgan fingerprint density at radius 3 is 2.74 bits per heavy atom. The topological polar surface area (TPSA) is 92.9 Å². The Hall–Kier alpha value is -2.83. The molecule has 0 aromatic carbocycles. The lowest BCUT2D eigenvalue weighted by Crippen LogP contribution is -2.29. The van der Waals surface area contributed by atoms with E-state index in [-0.39, 0.29) is 36.6 Å². The molecule has 23 heavy (non-hydrogen) atoms. The van der Waals surface area contributed by atoms with Crippen molar-refractivity contribution in [2.45, 2.75) is 5.92 Å². The maximum absolute atomic E-state index is 12.5. The zero-order valence-electron chi connectivity index (χ0n) is 12.5. The van der Waals surface area contributed by atoms with Crippen LogP contribution in [0.1, 0.15) is 22.2 Å². The molecule has 2 atom stereocenters. The van der Waals surface area contributed by atoms with Crippen molar-refractivity contribution >= 4 is 11.9 Å². The first-order chi connectivity index (χ1) is 11.1. The molecule has 120 valence electrons. The lowest BCUT2D eigenvalue weighted by Gasteiger charge is -2.14. The number of aliphatic carboxylic acids is 1. The summed E-state index contributed by atoms with van der Waals surface area (Å²) < 4.78 is 10.2. The van der Waals surface area contributed by atoms with Gasteiger partial charge < -0.3 is 19.2 Å². The lowest BCUT2D eigenvalue weighted by molar-refractivity contribution is -0.141. The van der Waals surface area contributed by atoms with Gasteiger partial charge in [0.25, 0.3) is 11.9 Å². The number of furan rings is 1. The monoisotopic (exact) mass is 316 g/mol. The number of ether oxygens (including phenoxy) is 1. The first-order valence-electron chi connectivity index (χ1n) is 7.17. The van der Waals surface area contributed by atoms with E-state index in [0.29, 0.717) is 5.69 Å². The van der Waals surface area contributed by atoms with E-state index in [4.69, 9.17) is 9.15 Å². The third-order valence-corrected chi connectivity index (χ3v) is 3.99. The number of hydrogen-bond acceptors (Lipinski definition) is 5. The summed E-state index contributed by atoms with van der Waals surface area (Å²) in [5, 5.41) is 9.45. The molecule has 0 saturated carbocycles. The largest absolute Gasteiger partial charge is 0.481 e.